The molecule has 0 aliphatic carbocycles. The molecular weight excluding hydrogens is 340 g/mol. The lowest BCUT2D eigenvalue weighted by Crippen LogP contribution is -2.02. The zero-order valence-electron chi connectivity index (χ0n) is 10.8. The largest absolute Gasteiger partial charge is 0.380 e. The predicted octanol–water partition coefficient (Wildman–Crippen LogP) is 4.07. The molecule has 0 amide bonds. The molecule has 20 heavy (non-hydrogen) atoms. The molecule has 0 spiro atoms. The second kappa shape index (κ2) is 5.42. The van der Waals surface area contributed by atoms with Gasteiger partial charge in [0.25, 0.3) is 0 Å². The number of nitrogens with zero attached hydrogens (tertiary/aromatic N) is 3. The van der Waals surface area contributed by atoms with Gasteiger partial charge in [-0.1, -0.05) is 27.5 Å². The third kappa shape index (κ3) is 2.78. The lowest BCUT2D eigenvalue weighted by atomic mass is 10.3. The van der Waals surface area contributed by atoms with Crippen LogP contribution in [0.5, 0.6) is 0 Å². The Morgan fingerprint density at radius 3 is 3.05 bits per heavy atom. The van der Waals surface area contributed by atoms with Gasteiger partial charge in [0, 0.05) is 35.0 Å². The average molecular weight is 352 g/mol. The number of hydrogen-bond acceptors (Lipinski definition) is 3. The minimum Gasteiger partial charge on any atom is -0.380 e. The van der Waals surface area contributed by atoms with Crippen LogP contribution >= 0.6 is 27.5 Å². The molecule has 102 valence electrons. The summed E-state index contributed by atoms with van der Waals surface area (Å²) in [6.45, 7) is 2.59. The normalized spacial score (nSPS) is 10.9. The molecule has 1 N–H and O–H groups in total. The minimum atomic E-state index is 0.637. The molecule has 1 aromatic carbocycles. The van der Waals surface area contributed by atoms with Crippen LogP contribution in [0.1, 0.15) is 11.3 Å². The summed E-state index contributed by atoms with van der Waals surface area (Å²) in [4.78, 5) is 4.37. The minimum absolute atomic E-state index is 0.637. The summed E-state index contributed by atoms with van der Waals surface area (Å²) in [6.07, 6.45) is 3.81. The number of benzene rings is 1. The highest BCUT2D eigenvalue weighted by molar-refractivity contribution is 9.10. The highest BCUT2D eigenvalue weighted by atomic mass is 79.9. The van der Waals surface area contributed by atoms with E-state index >= 15 is 0 Å². The topological polar surface area (TPSA) is 42.2 Å². The maximum Gasteiger partial charge on any atom is 0.155 e. The van der Waals surface area contributed by atoms with Crippen molar-refractivity contribution in [2.24, 2.45) is 0 Å². The molecule has 3 rings (SSSR count). The molecule has 0 bridgehead atoms. The fourth-order valence-corrected chi connectivity index (χ4v) is 2.50. The first-order valence-electron chi connectivity index (χ1n) is 6.12. The number of aryl methyl sites for hydroxylation is 1. The van der Waals surface area contributed by atoms with Crippen molar-refractivity contribution in [3.05, 3.63) is 57.4 Å². The van der Waals surface area contributed by atoms with E-state index in [0.29, 0.717) is 11.6 Å². The Hall–Kier alpha value is -1.59. The zero-order valence-corrected chi connectivity index (χ0v) is 13.1. The Labute approximate surface area is 129 Å². The molecule has 0 aliphatic heterocycles. The number of fused-ring (bicyclic) bond motifs is 1. The molecule has 0 atom stereocenters. The van der Waals surface area contributed by atoms with Crippen molar-refractivity contribution in [1.82, 2.24) is 14.6 Å². The van der Waals surface area contributed by atoms with Crippen LogP contribution in [-0.2, 0) is 6.54 Å². The van der Waals surface area contributed by atoms with Crippen molar-refractivity contribution in [3.8, 4) is 0 Å². The maximum atomic E-state index is 6.14. The van der Waals surface area contributed by atoms with Gasteiger partial charge in [-0.15, -0.1) is 0 Å². The van der Waals surface area contributed by atoms with Gasteiger partial charge in [0.1, 0.15) is 0 Å². The van der Waals surface area contributed by atoms with Crippen molar-refractivity contribution in [2.75, 3.05) is 5.32 Å². The highest BCUT2D eigenvalue weighted by Crippen LogP contribution is 2.26. The van der Waals surface area contributed by atoms with Gasteiger partial charge >= 0.3 is 0 Å². The summed E-state index contributed by atoms with van der Waals surface area (Å²) in [7, 11) is 0. The van der Waals surface area contributed by atoms with E-state index in [4.69, 9.17) is 11.6 Å². The van der Waals surface area contributed by atoms with E-state index < -0.39 is 0 Å². The van der Waals surface area contributed by atoms with Crippen LogP contribution in [0.2, 0.25) is 5.02 Å². The van der Waals surface area contributed by atoms with Gasteiger partial charge in [-0.05, 0) is 25.1 Å². The lowest BCUT2D eigenvalue weighted by Gasteiger charge is -2.09. The van der Waals surface area contributed by atoms with Gasteiger partial charge < -0.3 is 5.32 Å². The first-order chi connectivity index (χ1) is 9.61. The van der Waals surface area contributed by atoms with Crippen molar-refractivity contribution < 1.29 is 0 Å². The van der Waals surface area contributed by atoms with Gasteiger partial charge in [-0.25, -0.2) is 9.50 Å². The fraction of sp³-hybridized carbons (Fsp3) is 0.143. The molecular formula is C14H12BrClN4. The van der Waals surface area contributed by atoms with E-state index in [2.05, 4.69) is 31.3 Å². The monoisotopic (exact) mass is 350 g/mol. The third-order valence-electron chi connectivity index (χ3n) is 2.90. The molecule has 0 fully saturated rings. The van der Waals surface area contributed by atoms with Crippen LogP contribution < -0.4 is 5.32 Å². The third-order valence-corrected chi connectivity index (χ3v) is 3.72. The Morgan fingerprint density at radius 1 is 1.35 bits per heavy atom. The molecule has 2 heterocycles. The smallest absolute Gasteiger partial charge is 0.155 e. The second-order valence-corrected chi connectivity index (χ2v) is 5.85. The number of rotatable bonds is 3. The predicted molar refractivity (Wildman–Crippen MR) is 84.2 cm³/mol. The molecule has 2 aromatic heterocycles. The number of anilines is 1. The van der Waals surface area contributed by atoms with E-state index in [9.17, 15) is 0 Å². The number of nitrogens with one attached hydrogen (secondary N) is 1. The quantitative estimate of drug-likeness (QED) is 0.773. The Kier molecular flexibility index (Phi) is 3.63. The average Bonchev–Trinajstić information content (AvgIpc) is 2.79. The Morgan fingerprint density at radius 2 is 2.20 bits per heavy atom. The summed E-state index contributed by atoms with van der Waals surface area (Å²) >= 11 is 9.58. The first kappa shape index (κ1) is 13.4. The lowest BCUT2D eigenvalue weighted by molar-refractivity contribution is 0.895. The summed E-state index contributed by atoms with van der Waals surface area (Å²) in [5.74, 6) is 0. The van der Waals surface area contributed by atoms with Gasteiger partial charge in [0.15, 0.2) is 5.65 Å². The molecule has 6 heteroatoms. The number of hydrogen-bond donors (Lipinski definition) is 1. The van der Waals surface area contributed by atoms with E-state index in [0.717, 1.165) is 27.1 Å². The Balaban J connectivity index is 1.80. The van der Waals surface area contributed by atoms with Crippen LogP contribution in [0.3, 0.4) is 0 Å². The zero-order chi connectivity index (χ0) is 14.1. The summed E-state index contributed by atoms with van der Waals surface area (Å²) in [5.41, 5.74) is 3.74. The summed E-state index contributed by atoms with van der Waals surface area (Å²) < 4.78 is 2.77. The van der Waals surface area contributed by atoms with Crippen molar-refractivity contribution in [1.29, 1.82) is 0 Å². The van der Waals surface area contributed by atoms with Gasteiger partial charge in [-0.3, -0.25) is 0 Å². The molecule has 3 aromatic rings. The van der Waals surface area contributed by atoms with Gasteiger partial charge in [-0.2, -0.15) is 5.10 Å². The van der Waals surface area contributed by atoms with Crippen LogP contribution in [0.25, 0.3) is 5.65 Å². The molecule has 0 radical (unpaired) electrons. The maximum absolute atomic E-state index is 6.14. The van der Waals surface area contributed by atoms with Crippen LogP contribution in [0.15, 0.2) is 41.1 Å². The van der Waals surface area contributed by atoms with E-state index in [1.165, 1.54) is 0 Å². The first-order valence-corrected chi connectivity index (χ1v) is 7.29. The number of halogens is 2. The molecule has 0 saturated carbocycles. The molecule has 0 unspecified atom stereocenters. The van der Waals surface area contributed by atoms with Gasteiger partial charge in [0.05, 0.1) is 16.4 Å². The Bertz CT molecular complexity index is 769. The standard InChI is InChI=1S/C14H12BrClN4/c1-9-4-14-18-7-10(8-20(14)19-9)6-17-13-5-11(15)2-3-12(13)16/h2-5,7-8,17H,6H2,1H3. The van der Waals surface area contributed by atoms with E-state index in [-0.39, 0.29) is 0 Å². The van der Waals surface area contributed by atoms with Crippen LogP contribution in [0.4, 0.5) is 5.69 Å². The van der Waals surface area contributed by atoms with Crippen LogP contribution in [0, 0.1) is 6.92 Å². The fourth-order valence-electron chi connectivity index (χ4n) is 1.96. The molecule has 0 saturated heterocycles. The highest BCUT2D eigenvalue weighted by Gasteiger charge is 2.03. The van der Waals surface area contributed by atoms with E-state index in [1.54, 1.807) is 4.52 Å². The van der Waals surface area contributed by atoms with E-state index in [1.807, 2.05) is 43.6 Å². The molecule has 0 aliphatic rings. The second-order valence-electron chi connectivity index (χ2n) is 4.53. The summed E-state index contributed by atoms with van der Waals surface area (Å²) in [6, 6.07) is 7.66. The van der Waals surface area contributed by atoms with Crippen molar-refractivity contribution >= 4 is 38.9 Å². The van der Waals surface area contributed by atoms with Gasteiger partial charge in [0.2, 0.25) is 0 Å². The van der Waals surface area contributed by atoms with Crippen molar-refractivity contribution in [3.63, 3.8) is 0 Å². The SMILES string of the molecule is Cc1cc2ncc(CNc3cc(Br)ccc3Cl)cn2n1. The van der Waals surface area contributed by atoms with Crippen LogP contribution in [-0.4, -0.2) is 14.6 Å². The molecule has 4 nitrogen and oxygen atoms in total. The van der Waals surface area contributed by atoms with Crippen molar-refractivity contribution in [2.45, 2.75) is 13.5 Å². The summed E-state index contributed by atoms with van der Waals surface area (Å²) in [5, 5.41) is 8.34. The number of aromatic nitrogens is 3.